The summed E-state index contributed by atoms with van der Waals surface area (Å²) in [5, 5.41) is 9.04. The van der Waals surface area contributed by atoms with Crippen LogP contribution in [0.3, 0.4) is 0 Å². The van der Waals surface area contributed by atoms with E-state index < -0.39 is 17.1 Å². The zero-order valence-electron chi connectivity index (χ0n) is 23.3. The molecule has 1 atom stereocenters. The van der Waals surface area contributed by atoms with Gasteiger partial charge in [0.15, 0.2) is 5.13 Å². The molecule has 0 saturated carbocycles. The molecular formula is C33H27ClN4O3S2. The van der Waals surface area contributed by atoms with Gasteiger partial charge in [-0.15, -0.1) is 11.8 Å². The van der Waals surface area contributed by atoms with Gasteiger partial charge in [0.05, 0.1) is 15.5 Å². The minimum atomic E-state index is -0.525. The maximum Gasteiger partial charge on any atom is 0.272 e. The van der Waals surface area contributed by atoms with Crippen LogP contribution in [-0.2, 0) is 9.59 Å². The summed E-state index contributed by atoms with van der Waals surface area (Å²) in [6, 6.07) is 28.8. The van der Waals surface area contributed by atoms with E-state index in [9.17, 15) is 14.4 Å². The Hall–Kier alpha value is -4.44. The molecule has 3 N–H and O–H groups in total. The van der Waals surface area contributed by atoms with Crippen molar-refractivity contribution in [2.24, 2.45) is 0 Å². The third-order valence-corrected chi connectivity index (χ3v) is 8.65. The van der Waals surface area contributed by atoms with Crippen LogP contribution < -0.4 is 16.0 Å². The summed E-state index contributed by atoms with van der Waals surface area (Å²) in [5.74, 6) is -1.13. The number of amides is 3. The number of nitrogens with zero attached hydrogens (tertiary/aromatic N) is 1. The molecule has 10 heteroatoms. The van der Waals surface area contributed by atoms with Gasteiger partial charge in [-0.1, -0.05) is 71.5 Å². The van der Waals surface area contributed by atoms with Crippen molar-refractivity contribution in [3.05, 3.63) is 124 Å². The number of thiazole rings is 1. The van der Waals surface area contributed by atoms with Crippen LogP contribution in [-0.4, -0.2) is 28.0 Å². The van der Waals surface area contributed by atoms with Crippen LogP contribution in [0.25, 0.3) is 16.3 Å². The number of fused-ring (bicyclic) bond motifs is 1. The van der Waals surface area contributed by atoms with Crippen molar-refractivity contribution in [2.75, 3.05) is 10.6 Å². The van der Waals surface area contributed by atoms with Crippen LogP contribution in [0.4, 0.5) is 10.8 Å². The van der Waals surface area contributed by atoms with Crippen molar-refractivity contribution < 1.29 is 14.4 Å². The predicted octanol–water partition coefficient (Wildman–Crippen LogP) is 7.79. The van der Waals surface area contributed by atoms with Gasteiger partial charge in [0, 0.05) is 21.2 Å². The fourth-order valence-corrected chi connectivity index (χ4v) is 6.17. The van der Waals surface area contributed by atoms with Crippen molar-refractivity contribution in [2.45, 2.75) is 24.0 Å². The van der Waals surface area contributed by atoms with Gasteiger partial charge in [0.25, 0.3) is 11.8 Å². The SMILES string of the molecule is Cc1ccc2nc(NC(=O)C(C)Sc3cccc(NC(=O)/C(=C\c4ccccc4Cl)NC(=O)c4ccccc4)c3)sc2c1. The quantitative estimate of drug-likeness (QED) is 0.115. The monoisotopic (exact) mass is 626 g/mol. The maximum absolute atomic E-state index is 13.4. The second kappa shape index (κ2) is 13.7. The number of halogens is 1. The van der Waals surface area contributed by atoms with E-state index in [0.717, 1.165) is 20.7 Å². The molecule has 1 aromatic heterocycles. The molecule has 4 aromatic carbocycles. The van der Waals surface area contributed by atoms with Crippen molar-refractivity contribution in [1.29, 1.82) is 0 Å². The fraction of sp³-hybridized carbons (Fsp3) is 0.0909. The minimum absolute atomic E-state index is 0.0267. The van der Waals surface area contributed by atoms with Crippen LogP contribution in [0.2, 0.25) is 5.02 Å². The Morgan fingerprint density at radius 3 is 2.47 bits per heavy atom. The fourth-order valence-electron chi connectivity index (χ4n) is 4.09. The third-order valence-electron chi connectivity index (χ3n) is 6.28. The Kier molecular flexibility index (Phi) is 9.56. The van der Waals surface area contributed by atoms with Crippen molar-refractivity contribution in [3.8, 4) is 0 Å². The number of anilines is 2. The molecule has 5 rings (SSSR count). The van der Waals surface area contributed by atoms with Crippen LogP contribution >= 0.6 is 34.7 Å². The topological polar surface area (TPSA) is 100 Å². The highest BCUT2D eigenvalue weighted by atomic mass is 35.5. The zero-order chi connectivity index (χ0) is 30.3. The van der Waals surface area contributed by atoms with Crippen LogP contribution in [0.5, 0.6) is 0 Å². The largest absolute Gasteiger partial charge is 0.321 e. The molecule has 0 aliphatic carbocycles. The summed E-state index contributed by atoms with van der Waals surface area (Å²) in [6.45, 7) is 3.83. The number of carbonyl (C=O) groups is 3. The minimum Gasteiger partial charge on any atom is -0.321 e. The first-order valence-corrected chi connectivity index (χ1v) is 15.4. The molecule has 7 nitrogen and oxygen atoms in total. The second-order valence-corrected chi connectivity index (χ2v) is 12.5. The summed E-state index contributed by atoms with van der Waals surface area (Å²) in [5.41, 5.74) is 3.50. The van der Waals surface area contributed by atoms with E-state index in [1.165, 1.54) is 29.2 Å². The number of aromatic nitrogens is 1. The Balaban J connectivity index is 1.28. The van der Waals surface area contributed by atoms with Gasteiger partial charge in [-0.3, -0.25) is 14.4 Å². The number of rotatable bonds is 9. The van der Waals surface area contributed by atoms with E-state index in [1.54, 1.807) is 72.8 Å². The van der Waals surface area contributed by atoms with E-state index in [0.29, 0.717) is 27.0 Å². The van der Waals surface area contributed by atoms with E-state index in [-0.39, 0.29) is 11.6 Å². The predicted molar refractivity (Wildman–Crippen MR) is 177 cm³/mol. The number of hydrogen-bond donors (Lipinski definition) is 3. The lowest BCUT2D eigenvalue weighted by Crippen LogP contribution is -2.30. The molecule has 5 aromatic rings. The summed E-state index contributed by atoms with van der Waals surface area (Å²) < 4.78 is 1.02. The summed E-state index contributed by atoms with van der Waals surface area (Å²) in [4.78, 5) is 44.6. The van der Waals surface area contributed by atoms with Gasteiger partial charge >= 0.3 is 0 Å². The normalized spacial score (nSPS) is 12.0. The molecule has 216 valence electrons. The molecule has 0 bridgehead atoms. The summed E-state index contributed by atoms with van der Waals surface area (Å²) in [6.07, 6.45) is 1.53. The van der Waals surface area contributed by atoms with Gasteiger partial charge in [0.1, 0.15) is 5.70 Å². The van der Waals surface area contributed by atoms with Crippen molar-refractivity contribution in [1.82, 2.24) is 10.3 Å². The molecule has 0 radical (unpaired) electrons. The molecular weight excluding hydrogens is 600 g/mol. The lowest BCUT2D eigenvalue weighted by Gasteiger charge is -2.14. The Labute approximate surface area is 262 Å². The molecule has 43 heavy (non-hydrogen) atoms. The van der Waals surface area contributed by atoms with E-state index in [2.05, 4.69) is 20.9 Å². The molecule has 0 fully saturated rings. The van der Waals surface area contributed by atoms with Crippen molar-refractivity contribution >= 4 is 79.5 Å². The van der Waals surface area contributed by atoms with E-state index in [4.69, 9.17) is 11.6 Å². The van der Waals surface area contributed by atoms with Crippen LogP contribution in [0, 0.1) is 6.92 Å². The van der Waals surface area contributed by atoms with Gasteiger partial charge in [-0.2, -0.15) is 0 Å². The summed E-state index contributed by atoms with van der Waals surface area (Å²) >= 11 is 9.12. The van der Waals surface area contributed by atoms with Crippen LogP contribution in [0.1, 0.15) is 28.4 Å². The number of thioether (sulfide) groups is 1. The second-order valence-electron chi connectivity index (χ2n) is 9.62. The first-order valence-electron chi connectivity index (χ1n) is 13.3. The average molecular weight is 627 g/mol. The molecule has 0 spiro atoms. The first kappa shape index (κ1) is 30.0. The Morgan fingerprint density at radius 1 is 0.907 bits per heavy atom. The lowest BCUT2D eigenvalue weighted by atomic mass is 10.1. The highest BCUT2D eigenvalue weighted by molar-refractivity contribution is 8.00. The zero-order valence-corrected chi connectivity index (χ0v) is 25.6. The van der Waals surface area contributed by atoms with Crippen molar-refractivity contribution in [3.63, 3.8) is 0 Å². The average Bonchev–Trinajstić information content (AvgIpc) is 3.39. The maximum atomic E-state index is 13.4. The summed E-state index contributed by atoms with van der Waals surface area (Å²) in [7, 11) is 0. The standard InChI is InChI=1S/C33H27ClN4O3S2/c1-20-15-16-27-29(17-20)43-33(37-27)38-30(39)21(2)42-25-13-8-12-24(19-25)35-32(41)28(18-23-11-6-7-14-26(23)34)36-31(40)22-9-4-3-5-10-22/h3-19,21H,1-2H3,(H,35,41)(H,36,40)(H,37,38,39)/b28-18+. The van der Waals surface area contributed by atoms with Gasteiger partial charge in [0.2, 0.25) is 5.91 Å². The smallest absolute Gasteiger partial charge is 0.272 e. The highest BCUT2D eigenvalue weighted by Gasteiger charge is 2.19. The van der Waals surface area contributed by atoms with Gasteiger partial charge < -0.3 is 16.0 Å². The van der Waals surface area contributed by atoms with Gasteiger partial charge in [-0.25, -0.2) is 4.98 Å². The third kappa shape index (κ3) is 7.90. The molecule has 1 heterocycles. The number of aryl methyl sites for hydroxylation is 1. The number of nitrogens with one attached hydrogen (secondary N) is 3. The van der Waals surface area contributed by atoms with Gasteiger partial charge in [-0.05, 0) is 79.6 Å². The van der Waals surface area contributed by atoms with E-state index >= 15 is 0 Å². The first-order chi connectivity index (χ1) is 20.7. The van der Waals surface area contributed by atoms with Crippen LogP contribution in [0.15, 0.2) is 108 Å². The number of benzene rings is 4. The molecule has 3 amide bonds. The molecule has 0 aliphatic heterocycles. The molecule has 0 saturated heterocycles. The molecule has 1 unspecified atom stereocenters. The number of hydrogen-bond acceptors (Lipinski definition) is 6. The Morgan fingerprint density at radius 2 is 1.67 bits per heavy atom. The molecule has 0 aliphatic rings. The van der Waals surface area contributed by atoms with E-state index in [1.807, 2.05) is 38.1 Å². The lowest BCUT2D eigenvalue weighted by molar-refractivity contribution is -0.115. The number of carbonyl (C=O) groups excluding carboxylic acids is 3. The Bertz CT molecular complexity index is 1840. The highest BCUT2D eigenvalue weighted by Crippen LogP contribution is 2.30.